The average Bonchev–Trinajstić information content (AvgIpc) is 2.12. The monoisotopic (exact) mass is 154 g/mol. The quantitative estimate of drug-likeness (QED) is 0.657. The summed E-state index contributed by atoms with van der Waals surface area (Å²) in [7, 11) is 1.92. The minimum absolute atomic E-state index is 0.208. The van der Waals surface area contributed by atoms with E-state index in [4.69, 9.17) is 5.73 Å². The minimum atomic E-state index is -0.208. The summed E-state index contributed by atoms with van der Waals surface area (Å²) in [6.45, 7) is 3.95. The van der Waals surface area contributed by atoms with Crippen LogP contribution in [0, 0.1) is 0 Å². The van der Waals surface area contributed by atoms with E-state index in [-0.39, 0.29) is 5.54 Å². The molecule has 11 heavy (non-hydrogen) atoms. The molecule has 2 N–H and O–H groups in total. The number of aromatic nitrogens is 3. The lowest BCUT2D eigenvalue weighted by Gasteiger charge is -2.16. The number of hydrogen-bond acceptors (Lipinski definition) is 3. The van der Waals surface area contributed by atoms with Crippen molar-refractivity contribution in [2.45, 2.75) is 25.8 Å². The predicted octanol–water partition coefficient (Wildman–Crippen LogP) is 0.0949. The van der Waals surface area contributed by atoms with E-state index in [0.717, 1.165) is 12.2 Å². The normalized spacial score (nSPS) is 12.0. The van der Waals surface area contributed by atoms with Gasteiger partial charge in [0.2, 0.25) is 0 Å². The van der Waals surface area contributed by atoms with E-state index >= 15 is 0 Å². The van der Waals surface area contributed by atoms with Crippen LogP contribution in [0.2, 0.25) is 0 Å². The zero-order chi connectivity index (χ0) is 8.48. The van der Waals surface area contributed by atoms with E-state index in [9.17, 15) is 0 Å². The van der Waals surface area contributed by atoms with E-state index in [1.54, 1.807) is 6.33 Å². The number of aryl methyl sites for hydroxylation is 1. The molecule has 4 heteroatoms. The van der Waals surface area contributed by atoms with Crippen LogP contribution < -0.4 is 5.73 Å². The van der Waals surface area contributed by atoms with Crippen molar-refractivity contribution in [2.75, 3.05) is 0 Å². The molecule has 0 saturated heterocycles. The van der Waals surface area contributed by atoms with Crippen molar-refractivity contribution in [1.29, 1.82) is 0 Å². The Morgan fingerprint density at radius 2 is 2.27 bits per heavy atom. The van der Waals surface area contributed by atoms with Crippen LogP contribution in [0.5, 0.6) is 0 Å². The van der Waals surface area contributed by atoms with E-state index in [2.05, 4.69) is 10.2 Å². The summed E-state index contributed by atoms with van der Waals surface area (Å²) in [6.07, 6.45) is 2.44. The van der Waals surface area contributed by atoms with Crippen molar-refractivity contribution in [1.82, 2.24) is 14.8 Å². The molecule has 0 aromatic carbocycles. The summed E-state index contributed by atoms with van der Waals surface area (Å²) >= 11 is 0. The fraction of sp³-hybridized carbons (Fsp3) is 0.714. The van der Waals surface area contributed by atoms with Gasteiger partial charge in [-0.05, 0) is 13.8 Å². The Kier molecular flexibility index (Phi) is 1.95. The summed E-state index contributed by atoms with van der Waals surface area (Å²) in [5.74, 6) is 0.928. The highest BCUT2D eigenvalue weighted by Gasteiger charge is 2.14. The second-order valence-electron chi connectivity index (χ2n) is 3.52. The highest BCUT2D eigenvalue weighted by molar-refractivity contribution is 4.92. The smallest absolute Gasteiger partial charge is 0.134 e. The van der Waals surface area contributed by atoms with Crippen molar-refractivity contribution < 1.29 is 0 Å². The van der Waals surface area contributed by atoms with Crippen molar-refractivity contribution in [3.05, 3.63) is 12.2 Å². The first-order chi connectivity index (χ1) is 4.99. The van der Waals surface area contributed by atoms with Crippen molar-refractivity contribution in [3.8, 4) is 0 Å². The summed E-state index contributed by atoms with van der Waals surface area (Å²) in [4.78, 5) is 0. The van der Waals surface area contributed by atoms with Crippen LogP contribution in [-0.4, -0.2) is 20.3 Å². The number of nitrogens with zero attached hydrogens (tertiary/aromatic N) is 3. The third-order valence-corrected chi connectivity index (χ3v) is 1.42. The van der Waals surface area contributed by atoms with Gasteiger partial charge in [-0.2, -0.15) is 0 Å². The predicted molar refractivity (Wildman–Crippen MR) is 43.0 cm³/mol. The molecule has 4 nitrogen and oxygen atoms in total. The van der Waals surface area contributed by atoms with Crippen LogP contribution in [0.15, 0.2) is 6.33 Å². The van der Waals surface area contributed by atoms with Crippen molar-refractivity contribution in [2.24, 2.45) is 12.8 Å². The summed E-state index contributed by atoms with van der Waals surface area (Å²) < 4.78 is 1.88. The Balaban J connectivity index is 2.72. The van der Waals surface area contributed by atoms with Crippen LogP contribution in [0.4, 0.5) is 0 Å². The van der Waals surface area contributed by atoms with Gasteiger partial charge in [0, 0.05) is 19.0 Å². The van der Waals surface area contributed by atoms with E-state index in [1.165, 1.54) is 0 Å². The maximum atomic E-state index is 5.81. The zero-order valence-corrected chi connectivity index (χ0v) is 7.20. The molecule has 1 rings (SSSR count). The van der Waals surface area contributed by atoms with Gasteiger partial charge in [-0.25, -0.2) is 0 Å². The lowest BCUT2D eigenvalue weighted by atomic mass is 10.0. The van der Waals surface area contributed by atoms with Crippen LogP contribution in [0.3, 0.4) is 0 Å². The van der Waals surface area contributed by atoms with Gasteiger partial charge in [0.1, 0.15) is 12.2 Å². The molecule has 0 saturated carbocycles. The third kappa shape index (κ3) is 2.31. The second kappa shape index (κ2) is 2.62. The maximum Gasteiger partial charge on any atom is 0.134 e. The van der Waals surface area contributed by atoms with E-state index < -0.39 is 0 Å². The van der Waals surface area contributed by atoms with Crippen LogP contribution in [0.25, 0.3) is 0 Å². The number of hydrogen-bond donors (Lipinski definition) is 1. The molecule has 0 fully saturated rings. The molecule has 0 amide bonds. The first-order valence-electron chi connectivity index (χ1n) is 3.61. The second-order valence-corrected chi connectivity index (χ2v) is 3.52. The van der Waals surface area contributed by atoms with Gasteiger partial charge in [-0.15, -0.1) is 10.2 Å². The molecule has 0 radical (unpaired) electrons. The van der Waals surface area contributed by atoms with Gasteiger partial charge in [-0.3, -0.25) is 0 Å². The molecule has 62 valence electrons. The first kappa shape index (κ1) is 8.20. The molecular weight excluding hydrogens is 140 g/mol. The molecule has 0 aliphatic rings. The molecule has 1 heterocycles. The Morgan fingerprint density at radius 3 is 2.64 bits per heavy atom. The van der Waals surface area contributed by atoms with Gasteiger partial charge < -0.3 is 10.3 Å². The SMILES string of the molecule is Cn1cnnc1CC(C)(C)N. The summed E-state index contributed by atoms with van der Waals surface area (Å²) in [6, 6.07) is 0. The Hall–Kier alpha value is -0.900. The van der Waals surface area contributed by atoms with Gasteiger partial charge in [0.15, 0.2) is 0 Å². The lowest BCUT2D eigenvalue weighted by Crippen LogP contribution is -2.35. The third-order valence-electron chi connectivity index (χ3n) is 1.42. The molecule has 0 spiro atoms. The van der Waals surface area contributed by atoms with Gasteiger partial charge in [0.25, 0.3) is 0 Å². The average molecular weight is 154 g/mol. The maximum absolute atomic E-state index is 5.81. The fourth-order valence-electron chi connectivity index (χ4n) is 0.875. The standard InChI is InChI=1S/C7H14N4/c1-7(2,8)4-6-10-9-5-11(6)3/h5H,4,8H2,1-3H3. The molecule has 1 aromatic rings. The van der Waals surface area contributed by atoms with Crippen LogP contribution >= 0.6 is 0 Å². The van der Waals surface area contributed by atoms with Gasteiger partial charge in [-0.1, -0.05) is 0 Å². The summed E-state index contributed by atoms with van der Waals surface area (Å²) in [5.41, 5.74) is 5.61. The van der Waals surface area contributed by atoms with Gasteiger partial charge >= 0.3 is 0 Å². The summed E-state index contributed by atoms with van der Waals surface area (Å²) in [5, 5.41) is 7.70. The van der Waals surface area contributed by atoms with E-state index in [1.807, 2.05) is 25.5 Å². The minimum Gasteiger partial charge on any atom is -0.325 e. The molecule has 0 bridgehead atoms. The Labute approximate surface area is 66.4 Å². The first-order valence-corrected chi connectivity index (χ1v) is 3.61. The highest BCUT2D eigenvalue weighted by atomic mass is 15.2. The molecule has 0 aliphatic carbocycles. The molecule has 1 aromatic heterocycles. The van der Waals surface area contributed by atoms with Gasteiger partial charge in [0.05, 0.1) is 0 Å². The van der Waals surface area contributed by atoms with Crippen molar-refractivity contribution in [3.63, 3.8) is 0 Å². The largest absolute Gasteiger partial charge is 0.325 e. The van der Waals surface area contributed by atoms with Crippen LogP contribution in [0.1, 0.15) is 19.7 Å². The Morgan fingerprint density at radius 1 is 1.64 bits per heavy atom. The fourth-order valence-corrected chi connectivity index (χ4v) is 0.875. The zero-order valence-electron chi connectivity index (χ0n) is 7.20. The molecule has 0 atom stereocenters. The van der Waals surface area contributed by atoms with Crippen molar-refractivity contribution >= 4 is 0 Å². The molecule has 0 unspecified atom stereocenters. The molecule has 0 aliphatic heterocycles. The number of rotatable bonds is 2. The molecular formula is C7H14N4. The van der Waals surface area contributed by atoms with E-state index in [0.29, 0.717) is 0 Å². The highest BCUT2D eigenvalue weighted by Crippen LogP contribution is 2.05. The topological polar surface area (TPSA) is 56.7 Å². The van der Waals surface area contributed by atoms with Crippen LogP contribution in [-0.2, 0) is 13.5 Å². The lowest BCUT2D eigenvalue weighted by molar-refractivity contribution is 0.493. The number of nitrogens with two attached hydrogens (primary N) is 1. The Bertz CT molecular complexity index is 233.